The summed E-state index contributed by atoms with van der Waals surface area (Å²) in [5.74, 6) is 0.666. The van der Waals surface area contributed by atoms with Crippen molar-refractivity contribution >= 4 is 5.82 Å². The summed E-state index contributed by atoms with van der Waals surface area (Å²) in [6.07, 6.45) is 2.93. The first-order valence-corrected chi connectivity index (χ1v) is 2.76. The van der Waals surface area contributed by atoms with Crippen LogP contribution in [0.1, 0.15) is 5.69 Å². The van der Waals surface area contributed by atoms with E-state index in [1.165, 1.54) is 12.4 Å². The second kappa shape index (κ2) is 2.78. The van der Waals surface area contributed by atoms with Gasteiger partial charge in [0, 0.05) is 7.05 Å². The fourth-order valence-electron chi connectivity index (χ4n) is 0.515. The number of hydrogen-bond acceptors (Lipinski definition) is 4. The number of rotatable bonds is 1. The molecule has 1 rings (SSSR count). The fourth-order valence-corrected chi connectivity index (χ4v) is 0.515. The standard InChI is InChI=1S/C6H6N4/c1-8-6-4-9-5(2-7)3-10-6/h3-4H,1H3,(H,8,10). The van der Waals surface area contributed by atoms with Crippen molar-refractivity contribution in [3.05, 3.63) is 18.1 Å². The van der Waals surface area contributed by atoms with E-state index in [0.717, 1.165) is 0 Å². The van der Waals surface area contributed by atoms with Gasteiger partial charge in [-0.05, 0) is 0 Å². The lowest BCUT2D eigenvalue weighted by Crippen LogP contribution is -1.93. The van der Waals surface area contributed by atoms with Gasteiger partial charge in [0.25, 0.3) is 0 Å². The minimum absolute atomic E-state index is 0.332. The van der Waals surface area contributed by atoms with Gasteiger partial charge in [0.1, 0.15) is 11.9 Å². The number of nitrogens with zero attached hydrogens (tertiary/aromatic N) is 3. The third-order valence-electron chi connectivity index (χ3n) is 1.02. The highest BCUT2D eigenvalue weighted by Gasteiger charge is 1.90. The predicted octanol–water partition coefficient (Wildman–Crippen LogP) is 0.390. The van der Waals surface area contributed by atoms with Crippen molar-refractivity contribution in [1.29, 1.82) is 5.26 Å². The van der Waals surface area contributed by atoms with Crippen molar-refractivity contribution in [2.24, 2.45) is 0 Å². The van der Waals surface area contributed by atoms with Crippen LogP contribution >= 0.6 is 0 Å². The molecule has 1 N–H and O–H groups in total. The normalized spacial score (nSPS) is 8.40. The number of nitriles is 1. The first kappa shape index (κ1) is 6.49. The molecule has 0 aliphatic heterocycles. The summed E-state index contributed by atoms with van der Waals surface area (Å²) in [6.45, 7) is 0. The fraction of sp³-hybridized carbons (Fsp3) is 0.167. The Bertz CT molecular complexity index is 245. The maximum Gasteiger partial charge on any atom is 0.158 e. The summed E-state index contributed by atoms with van der Waals surface area (Å²) in [5, 5.41) is 11.1. The van der Waals surface area contributed by atoms with E-state index in [9.17, 15) is 0 Å². The van der Waals surface area contributed by atoms with Crippen LogP contribution in [0, 0.1) is 11.3 Å². The van der Waals surface area contributed by atoms with Crippen LogP contribution in [0.3, 0.4) is 0 Å². The summed E-state index contributed by atoms with van der Waals surface area (Å²) < 4.78 is 0. The Morgan fingerprint density at radius 2 is 2.30 bits per heavy atom. The van der Waals surface area contributed by atoms with Crippen LogP contribution in [-0.2, 0) is 0 Å². The van der Waals surface area contributed by atoms with E-state index < -0.39 is 0 Å². The molecule has 4 nitrogen and oxygen atoms in total. The Morgan fingerprint density at radius 3 is 2.70 bits per heavy atom. The number of anilines is 1. The summed E-state index contributed by atoms with van der Waals surface area (Å²) >= 11 is 0. The lowest BCUT2D eigenvalue weighted by molar-refractivity contribution is 1.15. The Balaban J connectivity index is 2.93. The maximum absolute atomic E-state index is 8.33. The van der Waals surface area contributed by atoms with Crippen molar-refractivity contribution in [1.82, 2.24) is 9.97 Å². The van der Waals surface area contributed by atoms with E-state index in [-0.39, 0.29) is 0 Å². The van der Waals surface area contributed by atoms with E-state index in [4.69, 9.17) is 5.26 Å². The van der Waals surface area contributed by atoms with E-state index >= 15 is 0 Å². The number of nitrogens with one attached hydrogen (secondary N) is 1. The van der Waals surface area contributed by atoms with Gasteiger partial charge in [0.15, 0.2) is 5.69 Å². The van der Waals surface area contributed by atoms with Gasteiger partial charge in [-0.15, -0.1) is 0 Å². The molecule has 0 amide bonds. The van der Waals surface area contributed by atoms with Crippen molar-refractivity contribution in [2.45, 2.75) is 0 Å². The van der Waals surface area contributed by atoms with Gasteiger partial charge in [0.2, 0.25) is 0 Å². The van der Waals surface area contributed by atoms with Gasteiger partial charge >= 0.3 is 0 Å². The van der Waals surface area contributed by atoms with Crippen LogP contribution in [0.25, 0.3) is 0 Å². The summed E-state index contributed by atoms with van der Waals surface area (Å²) in [6, 6.07) is 1.88. The van der Waals surface area contributed by atoms with Crippen LogP contribution in [-0.4, -0.2) is 17.0 Å². The van der Waals surface area contributed by atoms with Gasteiger partial charge in [-0.25, -0.2) is 9.97 Å². The van der Waals surface area contributed by atoms with Crippen LogP contribution < -0.4 is 5.32 Å². The average Bonchev–Trinajstić information content (AvgIpc) is 2.05. The molecule has 0 saturated carbocycles. The van der Waals surface area contributed by atoms with Gasteiger partial charge < -0.3 is 5.32 Å². The quantitative estimate of drug-likeness (QED) is 0.603. The topological polar surface area (TPSA) is 61.6 Å². The zero-order valence-corrected chi connectivity index (χ0v) is 5.50. The molecule has 4 heteroatoms. The average molecular weight is 134 g/mol. The molecular formula is C6H6N4. The van der Waals surface area contributed by atoms with E-state index in [1.807, 2.05) is 6.07 Å². The van der Waals surface area contributed by atoms with Crippen molar-refractivity contribution in [2.75, 3.05) is 12.4 Å². The molecular weight excluding hydrogens is 128 g/mol. The van der Waals surface area contributed by atoms with Gasteiger partial charge in [0.05, 0.1) is 12.4 Å². The molecule has 1 aromatic heterocycles. The van der Waals surface area contributed by atoms with Crippen molar-refractivity contribution in [3.8, 4) is 6.07 Å². The molecule has 0 radical (unpaired) electrons. The molecule has 0 aromatic carbocycles. The van der Waals surface area contributed by atoms with Crippen LogP contribution in [0.2, 0.25) is 0 Å². The summed E-state index contributed by atoms with van der Waals surface area (Å²) in [7, 11) is 1.75. The molecule has 50 valence electrons. The van der Waals surface area contributed by atoms with E-state index in [2.05, 4.69) is 15.3 Å². The first-order valence-electron chi connectivity index (χ1n) is 2.76. The summed E-state index contributed by atoms with van der Waals surface area (Å²) in [5.41, 5.74) is 0.332. The van der Waals surface area contributed by atoms with Crippen LogP contribution in [0.15, 0.2) is 12.4 Å². The summed E-state index contributed by atoms with van der Waals surface area (Å²) in [4.78, 5) is 7.65. The molecule has 0 fully saturated rings. The van der Waals surface area contributed by atoms with Gasteiger partial charge in [-0.2, -0.15) is 5.26 Å². The predicted molar refractivity (Wildman–Crippen MR) is 36.3 cm³/mol. The molecule has 0 saturated heterocycles. The highest BCUT2D eigenvalue weighted by Crippen LogP contribution is 1.96. The Kier molecular flexibility index (Phi) is 1.80. The van der Waals surface area contributed by atoms with Crippen LogP contribution in [0.5, 0.6) is 0 Å². The SMILES string of the molecule is CNc1cnc(C#N)cn1. The molecule has 0 aliphatic carbocycles. The van der Waals surface area contributed by atoms with Crippen LogP contribution in [0.4, 0.5) is 5.82 Å². The molecule has 0 atom stereocenters. The number of aromatic nitrogens is 2. The lowest BCUT2D eigenvalue weighted by atomic mass is 10.5. The lowest BCUT2D eigenvalue weighted by Gasteiger charge is -1.94. The first-order chi connectivity index (χ1) is 4.86. The Morgan fingerprint density at radius 1 is 1.50 bits per heavy atom. The minimum Gasteiger partial charge on any atom is -0.372 e. The molecule has 0 unspecified atom stereocenters. The molecule has 0 aliphatic rings. The number of hydrogen-bond donors (Lipinski definition) is 1. The van der Waals surface area contributed by atoms with E-state index in [0.29, 0.717) is 11.5 Å². The highest BCUT2D eigenvalue weighted by molar-refractivity contribution is 5.31. The molecule has 0 spiro atoms. The Labute approximate surface area is 58.5 Å². The van der Waals surface area contributed by atoms with Gasteiger partial charge in [-0.3, -0.25) is 0 Å². The molecule has 1 heterocycles. The molecule has 0 bridgehead atoms. The molecule has 1 aromatic rings. The van der Waals surface area contributed by atoms with Crippen molar-refractivity contribution in [3.63, 3.8) is 0 Å². The monoisotopic (exact) mass is 134 g/mol. The van der Waals surface area contributed by atoms with Gasteiger partial charge in [-0.1, -0.05) is 0 Å². The zero-order valence-electron chi connectivity index (χ0n) is 5.50. The zero-order chi connectivity index (χ0) is 7.40. The Hall–Kier alpha value is -1.63. The highest BCUT2D eigenvalue weighted by atomic mass is 15.0. The smallest absolute Gasteiger partial charge is 0.158 e. The minimum atomic E-state index is 0.332. The van der Waals surface area contributed by atoms with E-state index in [1.54, 1.807) is 7.05 Å². The third kappa shape index (κ3) is 1.20. The third-order valence-corrected chi connectivity index (χ3v) is 1.02. The second-order valence-electron chi connectivity index (χ2n) is 1.65. The maximum atomic E-state index is 8.33. The molecule has 10 heavy (non-hydrogen) atoms. The second-order valence-corrected chi connectivity index (χ2v) is 1.65. The van der Waals surface area contributed by atoms with Crippen molar-refractivity contribution < 1.29 is 0 Å². The largest absolute Gasteiger partial charge is 0.372 e.